The summed E-state index contributed by atoms with van der Waals surface area (Å²) < 4.78 is 0. The second-order valence-electron chi connectivity index (χ2n) is 9.32. The van der Waals surface area contributed by atoms with E-state index < -0.39 is 28.6 Å². The van der Waals surface area contributed by atoms with Gasteiger partial charge in [0.15, 0.2) is 0 Å². The zero-order valence-electron chi connectivity index (χ0n) is 17.7. The number of carbonyl (C=O) groups excluding carboxylic acids is 2. The first-order valence-corrected chi connectivity index (χ1v) is 10.7. The number of carbonyl (C=O) groups is 3. The lowest BCUT2D eigenvalue weighted by Gasteiger charge is -2.57. The summed E-state index contributed by atoms with van der Waals surface area (Å²) in [6, 6.07) is 22.3. The maximum absolute atomic E-state index is 13.9. The predicted molar refractivity (Wildman–Crippen MR) is 119 cm³/mol. The molecule has 5 heteroatoms. The minimum Gasteiger partial charge on any atom is -0.478 e. The lowest BCUT2D eigenvalue weighted by atomic mass is 9.42. The van der Waals surface area contributed by atoms with E-state index >= 15 is 0 Å². The van der Waals surface area contributed by atoms with Crippen LogP contribution in [0.25, 0.3) is 0 Å². The largest absolute Gasteiger partial charge is 0.478 e. The van der Waals surface area contributed by atoms with Gasteiger partial charge >= 0.3 is 5.97 Å². The standard InChI is InChI=1S/C27H21NO4/c1-26-17-10-3-5-12-19(17)27(2,20-13-6-4-11-18(20)26)22-21(26)23(29)28(24(22)30)16-9-7-8-15(14-16)25(31)32/h3-14,21-22H,1-2H3,(H,31,32). The van der Waals surface area contributed by atoms with E-state index in [0.717, 1.165) is 22.3 Å². The third-order valence-corrected chi connectivity index (χ3v) is 7.99. The smallest absolute Gasteiger partial charge is 0.335 e. The summed E-state index contributed by atoms with van der Waals surface area (Å²) in [7, 11) is 0. The first kappa shape index (κ1) is 19.0. The summed E-state index contributed by atoms with van der Waals surface area (Å²) in [5.41, 5.74) is 3.41. The molecule has 3 aromatic rings. The van der Waals surface area contributed by atoms with E-state index in [-0.39, 0.29) is 17.4 Å². The van der Waals surface area contributed by atoms with Crippen molar-refractivity contribution in [2.75, 3.05) is 4.90 Å². The van der Waals surface area contributed by atoms with E-state index in [1.54, 1.807) is 12.1 Å². The fourth-order valence-corrected chi connectivity index (χ4v) is 6.60. The van der Waals surface area contributed by atoms with Crippen LogP contribution < -0.4 is 4.90 Å². The Hall–Kier alpha value is -3.73. The zero-order chi connectivity index (χ0) is 22.4. The highest BCUT2D eigenvalue weighted by molar-refractivity contribution is 6.24. The monoisotopic (exact) mass is 423 g/mol. The van der Waals surface area contributed by atoms with Gasteiger partial charge in [-0.1, -0.05) is 68.4 Å². The van der Waals surface area contributed by atoms with Gasteiger partial charge in [0.25, 0.3) is 0 Å². The first-order valence-electron chi connectivity index (χ1n) is 10.7. The maximum atomic E-state index is 13.9. The van der Waals surface area contributed by atoms with Gasteiger partial charge in [0, 0.05) is 10.8 Å². The molecule has 2 unspecified atom stereocenters. The highest BCUT2D eigenvalue weighted by Gasteiger charge is 2.70. The van der Waals surface area contributed by atoms with Crippen molar-refractivity contribution in [2.24, 2.45) is 11.8 Å². The van der Waals surface area contributed by atoms with Gasteiger partial charge in [0.2, 0.25) is 11.8 Å². The SMILES string of the molecule is CC12c3ccccc3C(C)(c3ccccc31)C1C(=O)N(c3cccc(C(=O)O)c3)C(=O)C12. The number of anilines is 1. The molecule has 2 amide bonds. The van der Waals surface area contributed by atoms with Crippen LogP contribution in [0.5, 0.6) is 0 Å². The first-order chi connectivity index (χ1) is 15.3. The quantitative estimate of drug-likeness (QED) is 0.629. The van der Waals surface area contributed by atoms with Gasteiger partial charge in [-0.05, 0) is 40.5 Å². The van der Waals surface area contributed by atoms with Crippen molar-refractivity contribution in [3.8, 4) is 0 Å². The van der Waals surface area contributed by atoms with Crippen molar-refractivity contribution < 1.29 is 19.5 Å². The molecular weight excluding hydrogens is 402 g/mol. The zero-order valence-corrected chi connectivity index (χ0v) is 17.7. The van der Waals surface area contributed by atoms with Gasteiger partial charge < -0.3 is 5.11 Å². The van der Waals surface area contributed by atoms with Crippen molar-refractivity contribution in [2.45, 2.75) is 24.7 Å². The maximum Gasteiger partial charge on any atom is 0.335 e. The second-order valence-corrected chi connectivity index (χ2v) is 9.32. The number of rotatable bonds is 2. The molecule has 4 aliphatic rings. The number of imide groups is 1. The molecule has 1 saturated heterocycles. The number of aromatic carboxylic acids is 1. The van der Waals surface area contributed by atoms with Gasteiger partial charge in [-0.3, -0.25) is 9.59 Å². The molecule has 158 valence electrons. The average Bonchev–Trinajstić information content (AvgIpc) is 3.08. The molecule has 3 aliphatic carbocycles. The van der Waals surface area contributed by atoms with Crippen LogP contribution in [0.2, 0.25) is 0 Å². The minimum atomic E-state index is -1.10. The van der Waals surface area contributed by atoms with Crippen LogP contribution in [-0.2, 0) is 20.4 Å². The van der Waals surface area contributed by atoms with Gasteiger partial charge in [0.1, 0.15) is 0 Å². The van der Waals surface area contributed by atoms with Crippen LogP contribution >= 0.6 is 0 Å². The number of hydrogen-bond donors (Lipinski definition) is 1. The highest BCUT2D eigenvalue weighted by atomic mass is 16.4. The van der Waals surface area contributed by atoms with Gasteiger partial charge in [-0.2, -0.15) is 0 Å². The van der Waals surface area contributed by atoms with Crippen molar-refractivity contribution in [3.05, 3.63) is 101 Å². The Morgan fingerprint density at radius 1 is 0.750 bits per heavy atom. The third-order valence-electron chi connectivity index (χ3n) is 7.99. The van der Waals surface area contributed by atoms with E-state index in [9.17, 15) is 19.5 Å². The van der Waals surface area contributed by atoms with E-state index in [2.05, 4.69) is 38.1 Å². The Bertz CT molecular complexity index is 1240. The summed E-state index contributed by atoms with van der Waals surface area (Å²) in [6.07, 6.45) is 0. The van der Waals surface area contributed by atoms with Crippen LogP contribution in [0.4, 0.5) is 5.69 Å². The number of hydrogen-bond acceptors (Lipinski definition) is 3. The Balaban J connectivity index is 1.63. The molecule has 2 bridgehead atoms. The van der Waals surface area contributed by atoms with Gasteiger partial charge in [-0.15, -0.1) is 0 Å². The second kappa shape index (κ2) is 5.94. The van der Waals surface area contributed by atoms with Crippen LogP contribution in [0.1, 0.15) is 46.5 Å². The normalized spacial score (nSPS) is 29.5. The average molecular weight is 423 g/mol. The van der Waals surface area contributed by atoms with Gasteiger partial charge in [0.05, 0.1) is 23.1 Å². The van der Waals surface area contributed by atoms with Gasteiger partial charge in [-0.25, -0.2) is 9.69 Å². The summed E-state index contributed by atoms with van der Waals surface area (Å²) in [4.78, 5) is 40.6. The molecule has 0 radical (unpaired) electrons. The Labute approximate surface area is 185 Å². The fraction of sp³-hybridized carbons (Fsp3) is 0.222. The molecule has 3 aromatic carbocycles. The lowest BCUT2D eigenvalue weighted by molar-refractivity contribution is -0.124. The van der Waals surface area contributed by atoms with Crippen LogP contribution in [-0.4, -0.2) is 22.9 Å². The highest BCUT2D eigenvalue weighted by Crippen LogP contribution is 2.66. The summed E-state index contributed by atoms with van der Waals surface area (Å²) in [5, 5.41) is 9.41. The summed E-state index contributed by atoms with van der Waals surface area (Å²) in [5.74, 6) is -2.74. The number of nitrogens with zero attached hydrogens (tertiary/aromatic N) is 1. The van der Waals surface area contributed by atoms with Crippen LogP contribution in [0.15, 0.2) is 72.8 Å². The fourth-order valence-electron chi connectivity index (χ4n) is 6.60. The predicted octanol–water partition coefficient (Wildman–Crippen LogP) is 4.13. The molecule has 0 aromatic heterocycles. The molecule has 32 heavy (non-hydrogen) atoms. The van der Waals surface area contributed by atoms with E-state index in [1.165, 1.54) is 17.0 Å². The number of benzene rings is 3. The minimum absolute atomic E-state index is 0.0462. The molecule has 1 fully saturated rings. The van der Waals surface area contributed by atoms with Crippen LogP contribution in [0, 0.1) is 11.8 Å². The summed E-state index contributed by atoms with van der Waals surface area (Å²) >= 11 is 0. The number of carboxylic acid groups (broad SMARTS) is 1. The molecule has 1 N–H and O–H groups in total. The number of carboxylic acids is 1. The van der Waals surface area contributed by atoms with E-state index in [1.807, 2.05) is 24.3 Å². The van der Waals surface area contributed by atoms with Crippen LogP contribution in [0.3, 0.4) is 0 Å². The van der Waals surface area contributed by atoms with E-state index in [0.29, 0.717) is 5.69 Å². The molecule has 2 atom stereocenters. The van der Waals surface area contributed by atoms with E-state index in [4.69, 9.17) is 0 Å². The molecule has 5 nitrogen and oxygen atoms in total. The van der Waals surface area contributed by atoms with Crippen molar-refractivity contribution in [1.82, 2.24) is 0 Å². The topological polar surface area (TPSA) is 74.7 Å². The number of amides is 2. The molecule has 1 heterocycles. The van der Waals surface area contributed by atoms with Crippen molar-refractivity contribution in [3.63, 3.8) is 0 Å². The summed E-state index contributed by atoms with van der Waals surface area (Å²) in [6.45, 7) is 4.15. The lowest BCUT2D eigenvalue weighted by Crippen LogP contribution is -2.59. The Morgan fingerprint density at radius 2 is 1.19 bits per heavy atom. The Morgan fingerprint density at radius 3 is 1.59 bits per heavy atom. The molecule has 0 saturated carbocycles. The van der Waals surface area contributed by atoms with Crippen molar-refractivity contribution in [1.29, 1.82) is 0 Å². The molecule has 7 rings (SSSR count). The Kier molecular flexibility index (Phi) is 3.53. The third kappa shape index (κ3) is 1.97. The van der Waals surface area contributed by atoms with Crippen molar-refractivity contribution >= 4 is 23.5 Å². The molecule has 1 aliphatic heterocycles. The molecule has 0 spiro atoms. The molecular formula is C27H21NO4.